The third kappa shape index (κ3) is 4.77. The van der Waals surface area contributed by atoms with Gasteiger partial charge in [0.1, 0.15) is 0 Å². The third-order valence-corrected chi connectivity index (χ3v) is 5.92. The van der Waals surface area contributed by atoms with Gasteiger partial charge in [-0.2, -0.15) is 0 Å². The van der Waals surface area contributed by atoms with Crippen molar-refractivity contribution in [2.75, 3.05) is 20.1 Å². The Kier molecular flexibility index (Phi) is 6.19. The van der Waals surface area contributed by atoms with Crippen molar-refractivity contribution < 1.29 is 0 Å². The van der Waals surface area contributed by atoms with Crippen LogP contribution in [0.4, 0.5) is 0 Å². The summed E-state index contributed by atoms with van der Waals surface area (Å²) in [6.45, 7) is 7.50. The van der Waals surface area contributed by atoms with Gasteiger partial charge in [0.25, 0.3) is 0 Å². The van der Waals surface area contributed by atoms with Gasteiger partial charge in [-0.05, 0) is 82.3 Å². The van der Waals surface area contributed by atoms with Crippen LogP contribution in [0.1, 0.15) is 71.6 Å². The molecule has 0 amide bonds. The molecule has 19 heavy (non-hydrogen) atoms. The maximum atomic E-state index is 2.57. The van der Waals surface area contributed by atoms with Crippen LogP contribution in [0.3, 0.4) is 0 Å². The number of rotatable bonds is 2. The molecule has 1 heterocycles. The van der Waals surface area contributed by atoms with Gasteiger partial charge in [0, 0.05) is 0 Å². The van der Waals surface area contributed by atoms with Crippen LogP contribution in [0.5, 0.6) is 0 Å². The number of hydrogen-bond donors (Lipinski definition) is 0. The van der Waals surface area contributed by atoms with E-state index in [4.69, 9.17) is 0 Å². The summed E-state index contributed by atoms with van der Waals surface area (Å²) in [5.74, 6) is 4.03. The highest BCUT2D eigenvalue weighted by Gasteiger charge is 2.28. The lowest BCUT2D eigenvalue weighted by Crippen LogP contribution is -2.27. The summed E-state index contributed by atoms with van der Waals surface area (Å²) >= 11 is 0. The molecule has 1 aliphatic heterocycles. The van der Waals surface area contributed by atoms with Crippen LogP contribution in [0.2, 0.25) is 0 Å². The lowest BCUT2D eigenvalue weighted by molar-refractivity contribution is 0.155. The minimum atomic E-state index is 0.910. The molecule has 1 aliphatic carbocycles. The first-order chi connectivity index (χ1) is 9.16. The molecule has 0 aromatic carbocycles. The Morgan fingerprint density at radius 2 is 1.42 bits per heavy atom. The fourth-order valence-electron chi connectivity index (χ4n) is 4.36. The van der Waals surface area contributed by atoms with Crippen molar-refractivity contribution in [3.05, 3.63) is 0 Å². The maximum absolute atomic E-state index is 2.57. The van der Waals surface area contributed by atoms with Crippen LogP contribution < -0.4 is 0 Å². The van der Waals surface area contributed by atoms with Gasteiger partial charge in [0.05, 0.1) is 0 Å². The molecule has 0 radical (unpaired) electrons. The van der Waals surface area contributed by atoms with Crippen LogP contribution in [0.25, 0.3) is 0 Å². The van der Waals surface area contributed by atoms with E-state index < -0.39 is 0 Å². The summed E-state index contributed by atoms with van der Waals surface area (Å²) in [6.07, 6.45) is 13.4. The highest BCUT2D eigenvalue weighted by atomic mass is 15.1. The van der Waals surface area contributed by atoms with Gasteiger partial charge in [-0.15, -0.1) is 0 Å². The molecule has 0 bridgehead atoms. The van der Waals surface area contributed by atoms with Crippen LogP contribution in [-0.4, -0.2) is 25.0 Å². The van der Waals surface area contributed by atoms with E-state index in [1.54, 1.807) is 0 Å². The first-order valence-electron chi connectivity index (χ1n) is 8.85. The summed E-state index contributed by atoms with van der Waals surface area (Å²) in [5.41, 5.74) is 0. The van der Waals surface area contributed by atoms with Crippen molar-refractivity contribution in [1.29, 1.82) is 0 Å². The van der Waals surface area contributed by atoms with Crippen LogP contribution in [-0.2, 0) is 0 Å². The smallest absolute Gasteiger partial charge is 0.00190 e. The van der Waals surface area contributed by atoms with E-state index in [1.807, 2.05) is 0 Å². The monoisotopic (exact) mass is 265 g/mol. The van der Waals surface area contributed by atoms with Gasteiger partial charge in [0.2, 0.25) is 0 Å². The van der Waals surface area contributed by atoms with Crippen molar-refractivity contribution in [3.8, 4) is 0 Å². The average Bonchev–Trinajstić information content (AvgIpc) is 2.51. The standard InChI is InChI=1S/C18H35N/c1-15(2)16-8-10-18(11-9-16)17-7-5-4-6-13-19(3)14-12-17/h15-18H,4-14H2,1-3H3/t16?,17-,18?/m0/s1. The molecule has 1 atom stereocenters. The lowest BCUT2D eigenvalue weighted by Gasteiger charge is -2.36. The summed E-state index contributed by atoms with van der Waals surface area (Å²) < 4.78 is 0. The summed E-state index contributed by atoms with van der Waals surface area (Å²) in [5, 5.41) is 0. The zero-order valence-corrected chi connectivity index (χ0v) is 13.5. The molecule has 0 aromatic rings. The summed E-state index contributed by atoms with van der Waals surface area (Å²) in [6, 6.07) is 0. The Morgan fingerprint density at radius 3 is 2.11 bits per heavy atom. The number of nitrogens with zero attached hydrogens (tertiary/aromatic N) is 1. The lowest BCUT2D eigenvalue weighted by atomic mass is 9.71. The Balaban J connectivity index is 1.82. The fraction of sp³-hybridized carbons (Fsp3) is 1.00. The minimum absolute atomic E-state index is 0.910. The SMILES string of the molecule is CC(C)C1CCC([C@H]2CCCCCN(C)CC2)CC1. The van der Waals surface area contributed by atoms with Crippen molar-refractivity contribution in [1.82, 2.24) is 4.90 Å². The Labute approximate surface area is 121 Å². The van der Waals surface area contributed by atoms with Gasteiger partial charge in [-0.25, -0.2) is 0 Å². The van der Waals surface area contributed by atoms with Gasteiger partial charge in [-0.3, -0.25) is 0 Å². The molecule has 1 nitrogen and oxygen atoms in total. The first-order valence-corrected chi connectivity index (χ1v) is 8.85. The van der Waals surface area contributed by atoms with E-state index in [0.29, 0.717) is 0 Å². The average molecular weight is 265 g/mol. The second-order valence-corrected chi connectivity index (χ2v) is 7.62. The predicted molar refractivity (Wildman–Crippen MR) is 84.4 cm³/mol. The molecule has 2 rings (SSSR count). The molecule has 2 fully saturated rings. The first kappa shape index (κ1) is 15.4. The Hall–Kier alpha value is -0.0400. The van der Waals surface area contributed by atoms with E-state index in [1.165, 1.54) is 70.9 Å². The summed E-state index contributed by atoms with van der Waals surface area (Å²) in [4.78, 5) is 2.57. The molecule has 1 heteroatoms. The third-order valence-electron chi connectivity index (χ3n) is 5.92. The van der Waals surface area contributed by atoms with Crippen molar-refractivity contribution in [2.45, 2.75) is 71.6 Å². The molecular formula is C18H35N. The van der Waals surface area contributed by atoms with E-state index >= 15 is 0 Å². The van der Waals surface area contributed by atoms with E-state index in [9.17, 15) is 0 Å². The highest BCUT2D eigenvalue weighted by Crippen LogP contribution is 2.39. The van der Waals surface area contributed by atoms with Crippen LogP contribution in [0.15, 0.2) is 0 Å². The number of hydrogen-bond acceptors (Lipinski definition) is 1. The maximum Gasteiger partial charge on any atom is -0.00190 e. The Bertz CT molecular complexity index is 240. The topological polar surface area (TPSA) is 3.24 Å². The Morgan fingerprint density at radius 1 is 0.737 bits per heavy atom. The van der Waals surface area contributed by atoms with Gasteiger partial charge < -0.3 is 4.90 Å². The molecule has 0 aromatic heterocycles. The molecule has 0 unspecified atom stereocenters. The molecule has 2 aliphatic rings. The molecule has 0 N–H and O–H groups in total. The largest absolute Gasteiger partial charge is 0.306 e. The predicted octanol–water partition coefficient (Wildman–Crippen LogP) is 4.96. The van der Waals surface area contributed by atoms with Crippen molar-refractivity contribution in [3.63, 3.8) is 0 Å². The van der Waals surface area contributed by atoms with E-state index in [0.717, 1.165) is 23.7 Å². The van der Waals surface area contributed by atoms with Gasteiger partial charge in [0.15, 0.2) is 0 Å². The van der Waals surface area contributed by atoms with Crippen LogP contribution in [0, 0.1) is 23.7 Å². The van der Waals surface area contributed by atoms with Crippen LogP contribution >= 0.6 is 0 Å². The quantitative estimate of drug-likeness (QED) is 0.682. The van der Waals surface area contributed by atoms with Gasteiger partial charge >= 0.3 is 0 Å². The molecule has 1 saturated heterocycles. The minimum Gasteiger partial charge on any atom is -0.306 e. The zero-order valence-electron chi connectivity index (χ0n) is 13.5. The normalized spacial score (nSPS) is 35.7. The van der Waals surface area contributed by atoms with Gasteiger partial charge in [-0.1, -0.05) is 33.1 Å². The second kappa shape index (κ2) is 7.67. The van der Waals surface area contributed by atoms with Crippen molar-refractivity contribution >= 4 is 0 Å². The van der Waals surface area contributed by atoms with E-state index in [-0.39, 0.29) is 0 Å². The molecule has 112 valence electrons. The van der Waals surface area contributed by atoms with E-state index in [2.05, 4.69) is 25.8 Å². The molecule has 0 spiro atoms. The summed E-state index contributed by atoms with van der Waals surface area (Å²) in [7, 11) is 2.32. The zero-order chi connectivity index (χ0) is 13.7. The second-order valence-electron chi connectivity index (χ2n) is 7.62. The molecular weight excluding hydrogens is 230 g/mol. The van der Waals surface area contributed by atoms with Crippen molar-refractivity contribution in [2.24, 2.45) is 23.7 Å². The fourth-order valence-corrected chi connectivity index (χ4v) is 4.36. The highest BCUT2D eigenvalue weighted by molar-refractivity contribution is 4.80. The molecule has 1 saturated carbocycles.